The maximum Gasteiger partial charge on any atom is 0.251 e. The van der Waals surface area contributed by atoms with Crippen molar-refractivity contribution in [1.82, 2.24) is 15.3 Å². The number of carbonyl (C=O) groups excluding carboxylic acids is 1. The van der Waals surface area contributed by atoms with Crippen LogP contribution in [0, 0.1) is 5.92 Å². The number of hydrogen-bond donors (Lipinski definition) is 1. The molecule has 1 fully saturated rings. The Hall–Kier alpha value is -4.13. The van der Waals surface area contributed by atoms with Crippen LogP contribution >= 0.6 is 23.4 Å². The Morgan fingerprint density at radius 2 is 1.42 bits per heavy atom. The predicted molar refractivity (Wildman–Crippen MR) is 185 cm³/mol. The number of thioether (sulfide) groups is 1. The summed E-state index contributed by atoms with van der Waals surface area (Å²) in [6, 6.07) is 40.7. The van der Waals surface area contributed by atoms with Crippen LogP contribution in [0.3, 0.4) is 0 Å². The van der Waals surface area contributed by atoms with E-state index < -0.39 is 0 Å². The third-order valence-corrected chi connectivity index (χ3v) is 9.45. The zero-order valence-electron chi connectivity index (χ0n) is 25.2. The molecule has 5 nitrogen and oxygen atoms in total. The van der Waals surface area contributed by atoms with Gasteiger partial charge in [-0.2, -0.15) is 0 Å². The van der Waals surface area contributed by atoms with E-state index in [1.807, 2.05) is 66.7 Å². The normalized spacial score (nSPS) is 14.2. The van der Waals surface area contributed by atoms with Gasteiger partial charge in [-0.3, -0.25) is 4.79 Å². The lowest BCUT2D eigenvalue weighted by atomic mass is 9.90. The number of nitrogens with zero attached hydrogens (tertiary/aromatic N) is 3. The molecule has 1 atom stereocenters. The van der Waals surface area contributed by atoms with Crippen molar-refractivity contribution in [2.45, 2.75) is 42.6 Å². The average Bonchev–Trinajstić information content (AvgIpc) is 3.09. The van der Waals surface area contributed by atoms with E-state index in [2.05, 4.69) is 69.8 Å². The Morgan fingerprint density at radius 3 is 2.09 bits per heavy atom. The zero-order valence-corrected chi connectivity index (χ0v) is 26.8. The van der Waals surface area contributed by atoms with Crippen LogP contribution in [0.4, 0.5) is 5.82 Å². The smallest absolute Gasteiger partial charge is 0.251 e. The monoisotopic (exact) mass is 632 g/mol. The van der Waals surface area contributed by atoms with Gasteiger partial charge >= 0.3 is 0 Å². The molecule has 0 radical (unpaired) electrons. The SMILES string of the molecule is O=C(NC(Cc1ccccc1)c1ccccc1)c1ccc(CSc2nc(Cl)cc(N3CCC(Cc4ccccc4)CC3)n2)cc1. The molecule has 6 rings (SSSR count). The summed E-state index contributed by atoms with van der Waals surface area (Å²) in [4.78, 5) is 25.0. The van der Waals surface area contributed by atoms with Crippen LogP contribution in [0.15, 0.2) is 126 Å². The van der Waals surface area contributed by atoms with E-state index in [0.717, 1.165) is 55.7 Å². The maximum atomic E-state index is 13.3. The minimum atomic E-state index is -0.125. The summed E-state index contributed by atoms with van der Waals surface area (Å²) >= 11 is 8.00. The minimum Gasteiger partial charge on any atom is -0.356 e. The van der Waals surface area contributed by atoms with Gasteiger partial charge in [-0.25, -0.2) is 9.97 Å². The zero-order chi connectivity index (χ0) is 30.8. The summed E-state index contributed by atoms with van der Waals surface area (Å²) in [6.45, 7) is 1.93. The fraction of sp³-hybridized carbons (Fsp3) is 0.237. The highest BCUT2D eigenvalue weighted by molar-refractivity contribution is 7.98. The van der Waals surface area contributed by atoms with Gasteiger partial charge in [0, 0.05) is 30.5 Å². The van der Waals surface area contributed by atoms with Gasteiger partial charge in [-0.1, -0.05) is 126 Å². The molecule has 1 saturated heterocycles. The molecule has 1 aromatic heterocycles. The van der Waals surface area contributed by atoms with Crippen molar-refractivity contribution >= 4 is 35.1 Å². The molecule has 0 saturated carbocycles. The molecule has 0 aliphatic carbocycles. The number of halogens is 1. The molecule has 0 spiro atoms. The number of rotatable bonds is 11. The number of aromatic nitrogens is 2. The van der Waals surface area contributed by atoms with Crippen LogP contribution in [0.1, 0.15) is 51.5 Å². The second-order valence-electron chi connectivity index (χ2n) is 11.6. The highest BCUT2D eigenvalue weighted by Gasteiger charge is 2.22. The number of amides is 1. The molecule has 1 aliphatic rings. The first-order chi connectivity index (χ1) is 22.1. The molecule has 2 heterocycles. The summed E-state index contributed by atoms with van der Waals surface area (Å²) < 4.78 is 0. The lowest BCUT2D eigenvalue weighted by molar-refractivity contribution is 0.0936. The lowest BCUT2D eigenvalue weighted by Gasteiger charge is -2.33. The second kappa shape index (κ2) is 15.2. The highest BCUT2D eigenvalue weighted by Crippen LogP contribution is 2.29. The molecule has 0 bridgehead atoms. The van der Waals surface area contributed by atoms with Crippen molar-refractivity contribution in [1.29, 1.82) is 0 Å². The first-order valence-corrected chi connectivity index (χ1v) is 16.9. The number of hydrogen-bond acceptors (Lipinski definition) is 5. The summed E-state index contributed by atoms with van der Waals surface area (Å²) in [5.74, 6) is 2.18. The molecule has 1 amide bonds. The van der Waals surface area contributed by atoms with Gasteiger partial charge in [0.15, 0.2) is 5.16 Å². The standard InChI is InChI=1S/C38H37ClN4OS/c39-35-26-36(43-22-20-30(21-23-43)24-28-10-4-1-5-11-28)42-38(41-35)45-27-31-16-18-33(19-17-31)37(44)40-34(32-14-8-3-9-15-32)25-29-12-6-2-7-13-29/h1-19,26,30,34H,20-25,27H2,(H,40,44). The summed E-state index contributed by atoms with van der Waals surface area (Å²) in [6.07, 6.45) is 4.12. The van der Waals surface area contributed by atoms with Gasteiger partial charge in [0.2, 0.25) is 0 Å². The summed E-state index contributed by atoms with van der Waals surface area (Å²) in [7, 11) is 0. The third kappa shape index (κ3) is 8.74. The van der Waals surface area contributed by atoms with Crippen molar-refractivity contribution in [3.8, 4) is 0 Å². The number of benzene rings is 4. The van der Waals surface area contributed by atoms with E-state index in [9.17, 15) is 4.79 Å². The molecule has 45 heavy (non-hydrogen) atoms. The van der Waals surface area contributed by atoms with Crippen molar-refractivity contribution < 1.29 is 4.79 Å². The predicted octanol–water partition coefficient (Wildman–Crippen LogP) is 8.60. The third-order valence-electron chi connectivity index (χ3n) is 8.34. The van der Waals surface area contributed by atoms with Gasteiger partial charge in [-0.05, 0) is 66.0 Å². The summed E-state index contributed by atoms with van der Waals surface area (Å²) in [5.41, 5.74) is 5.40. The quantitative estimate of drug-likeness (QED) is 0.0898. The fourth-order valence-corrected chi connectivity index (χ4v) is 6.89. The lowest BCUT2D eigenvalue weighted by Crippen LogP contribution is -2.35. The molecule has 4 aromatic carbocycles. The Bertz CT molecular complexity index is 1660. The van der Waals surface area contributed by atoms with Gasteiger partial charge in [0.1, 0.15) is 11.0 Å². The van der Waals surface area contributed by atoms with Crippen molar-refractivity contribution in [2.75, 3.05) is 18.0 Å². The number of carbonyl (C=O) groups is 1. The van der Waals surface area contributed by atoms with Crippen LogP contribution in [0.2, 0.25) is 5.15 Å². The number of anilines is 1. The van der Waals surface area contributed by atoms with E-state index in [1.165, 1.54) is 11.1 Å². The van der Waals surface area contributed by atoms with E-state index in [-0.39, 0.29) is 11.9 Å². The Morgan fingerprint density at radius 1 is 0.800 bits per heavy atom. The van der Waals surface area contributed by atoms with Crippen molar-refractivity contribution in [3.63, 3.8) is 0 Å². The first-order valence-electron chi connectivity index (χ1n) is 15.5. The highest BCUT2D eigenvalue weighted by atomic mass is 35.5. The first kappa shape index (κ1) is 30.9. The molecule has 1 aliphatic heterocycles. The average molecular weight is 633 g/mol. The minimum absolute atomic E-state index is 0.0886. The Balaban J connectivity index is 1.04. The van der Waals surface area contributed by atoms with E-state index in [1.54, 1.807) is 11.8 Å². The Kier molecular flexibility index (Phi) is 10.5. The van der Waals surface area contributed by atoms with Gasteiger partial charge in [-0.15, -0.1) is 0 Å². The van der Waals surface area contributed by atoms with Crippen LogP contribution in [0.25, 0.3) is 0 Å². The van der Waals surface area contributed by atoms with Crippen LogP contribution < -0.4 is 10.2 Å². The van der Waals surface area contributed by atoms with Gasteiger partial charge in [0.25, 0.3) is 5.91 Å². The molecule has 1 unspecified atom stereocenters. The molecule has 1 N–H and O–H groups in total. The topological polar surface area (TPSA) is 58.1 Å². The molecule has 5 aromatic rings. The van der Waals surface area contributed by atoms with Gasteiger partial charge < -0.3 is 10.2 Å². The molecular weight excluding hydrogens is 596 g/mol. The molecule has 7 heteroatoms. The van der Waals surface area contributed by atoms with Crippen LogP contribution in [0.5, 0.6) is 0 Å². The number of piperidine rings is 1. The van der Waals surface area contributed by atoms with E-state index >= 15 is 0 Å². The van der Waals surface area contributed by atoms with E-state index in [0.29, 0.717) is 27.5 Å². The molecule has 228 valence electrons. The van der Waals surface area contributed by atoms with Crippen LogP contribution in [-0.4, -0.2) is 29.0 Å². The van der Waals surface area contributed by atoms with E-state index in [4.69, 9.17) is 16.6 Å². The number of nitrogens with one attached hydrogen (secondary N) is 1. The van der Waals surface area contributed by atoms with Crippen LogP contribution in [-0.2, 0) is 18.6 Å². The fourth-order valence-electron chi connectivity index (χ4n) is 5.85. The van der Waals surface area contributed by atoms with Crippen molar-refractivity contribution in [2.24, 2.45) is 5.92 Å². The summed E-state index contributed by atoms with van der Waals surface area (Å²) in [5, 5.41) is 4.38. The maximum absolute atomic E-state index is 13.3. The second-order valence-corrected chi connectivity index (χ2v) is 12.9. The van der Waals surface area contributed by atoms with Crippen molar-refractivity contribution in [3.05, 3.63) is 154 Å². The Labute approximate surface area is 275 Å². The largest absolute Gasteiger partial charge is 0.356 e. The molecular formula is C38H37ClN4OS. The van der Waals surface area contributed by atoms with Gasteiger partial charge in [0.05, 0.1) is 6.04 Å².